The molecule has 2 aromatic rings. The summed E-state index contributed by atoms with van der Waals surface area (Å²) in [7, 11) is 1.66. The van der Waals surface area contributed by atoms with Gasteiger partial charge in [0.25, 0.3) is 11.6 Å². The Kier molecular flexibility index (Phi) is 3.21. The third-order valence-corrected chi connectivity index (χ3v) is 6.09. The van der Waals surface area contributed by atoms with Crippen LogP contribution in [-0.2, 0) is 15.1 Å². The number of likely N-dealkylation sites (N-methyl/N-ethyl adjacent to an activating group) is 1. The molecule has 140 valence electrons. The van der Waals surface area contributed by atoms with E-state index in [9.17, 15) is 19.7 Å². The van der Waals surface area contributed by atoms with Gasteiger partial charge in [0, 0.05) is 41.9 Å². The molecule has 1 amide bonds. The summed E-state index contributed by atoms with van der Waals surface area (Å²) in [6, 6.07) is 11.3. The number of hydrogen-bond acceptors (Lipinski definition) is 6. The molecular weight excluding hydrogens is 382 g/mol. The molecular formula is C19H13N3O5S. The van der Waals surface area contributed by atoms with Crippen LogP contribution in [0.25, 0.3) is 0 Å². The first-order chi connectivity index (χ1) is 13.4. The molecule has 1 saturated heterocycles. The van der Waals surface area contributed by atoms with Crippen molar-refractivity contribution in [3.63, 3.8) is 0 Å². The van der Waals surface area contributed by atoms with E-state index in [1.54, 1.807) is 13.1 Å². The van der Waals surface area contributed by atoms with Gasteiger partial charge in [-0.05, 0) is 12.1 Å². The maximum Gasteiger partial charge on any atom is 0.322 e. The average Bonchev–Trinajstić information content (AvgIpc) is 3.11. The van der Waals surface area contributed by atoms with E-state index in [0.29, 0.717) is 16.8 Å². The van der Waals surface area contributed by atoms with Gasteiger partial charge in [-0.3, -0.25) is 19.7 Å². The number of anilines is 1. The number of benzene rings is 2. The van der Waals surface area contributed by atoms with Gasteiger partial charge in [0.05, 0.1) is 9.91 Å². The fraction of sp³-hybridized carbons (Fsp3) is 0.211. The molecule has 5 rings (SSSR count). The normalized spacial score (nSPS) is 27.2. The Hall–Kier alpha value is -3.33. The number of carbonyl (C=O) groups is 2. The molecule has 3 aliphatic rings. The van der Waals surface area contributed by atoms with E-state index in [0.717, 1.165) is 0 Å². The van der Waals surface area contributed by atoms with Crippen LogP contribution in [0.5, 0.6) is 5.75 Å². The quantitative estimate of drug-likeness (QED) is 0.259. The molecule has 8 nitrogen and oxygen atoms in total. The molecule has 0 bridgehead atoms. The van der Waals surface area contributed by atoms with Crippen molar-refractivity contribution >= 4 is 40.5 Å². The molecule has 0 aliphatic carbocycles. The zero-order valence-electron chi connectivity index (χ0n) is 14.5. The van der Waals surface area contributed by atoms with Gasteiger partial charge in [0.1, 0.15) is 11.7 Å². The zero-order valence-corrected chi connectivity index (χ0v) is 15.4. The number of carbonyl (C=O) groups excluding carboxylic acids is 2. The van der Waals surface area contributed by atoms with Gasteiger partial charge in [-0.25, -0.2) is 0 Å². The summed E-state index contributed by atoms with van der Waals surface area (Å²) in [5.74, 6) is -2.26. The van der Waals surface area contributed by atoms with E-state index in [-0.39, 0.29) is 22.3 Å². The highest BCUT2D eigenvalue weighted by molar-refractivity contribution is 7.80. The van der Waals surface area contributed by atoms with Crippen molar-refractivity contribution in [2.45, 2.75) is 11.5 Å². The molecule has 0 radical (unpaired) electrons. The van der Waals surface area contributed by atoms with Crippen molar-refractivity contribution in [1.82, 2.24) is 5.32 Å². The van der Waals surface area contributed by atoms with E-state index in [4.69, 9.17) is 17.0 Å². The Morgan fingerprint density at radius 2 is 2.00 bits per heavy atom. The standard InChI is InChI=1S/C19H13N3O5S/c1-21-12-5-3-2-4-11(12)19(18(21)24)15-10-8-9(22(25)26)6-7-13(10)27-17(23)14(15)16(28)20-19/h2-8,14-15H,1H3,(H,20,28)/t14-,15+,19-/m0/s1. The minimum Gasteiger partial charge on any atom is -0.426 e. The highest BCUT2D eigenvalue weighted by Crippen LogP contribution is 2.57. The summed E-state index contributed by atoms with van der Waals surface area (Å²) >= 11 is 5.42. The molecule has 9 heteroatoms. The molecule has 1 N–H and O–H groups in total. The number of nitro groups is 1. The largest absolute Gasteiger partial charge is 0.426 e. The molecule has 0 unspecified atom stereocenters. The van der Waals surface area contributed by atoms with Gasteiger partial charge in [0.15, 0.2) is 5.54 Å². The topological polar surface area (TPSA) is 102 Å². The summed E-state index contributed by atoms with van der Waals surface area (Å²) < 4.78 is 5.39. The minimum absolute atomic E-state index is 0.143. The lowest BCUT2D eigenvalue weighted by Crippen LogP contribution is -2.50. The second-order valence-corrected chi connectivity index (χ2v) is 7.47. The number of nitrogens with zero attached hydrogens (tertiary/aromatic N) is 2. The molecule has 1 fully saturated rings. The van der Waals surface area contributed by atoms with Gasteiger partial charge in [-0.2, -0.15) is 0 Å². The Morgan fingerprint density at radius 3 is 2.75 bits per heavy atom. The van der Waals surface area contributed by atoms with Crippen LogP contribution in [-0.4, -0.2) is 28.8 Å². The van der Waals surface area contributed by atoms with Crippen LogP contribution >= 0.6 is 12.2 Å². The minimum atomic E-state index is -1.31. The molecule has 28 heavy (non-hydrogen) atoms. The summed E-state index contributed by atoms with van der Waals surface area (Å²) in [5, 5.41) is 14.4. The monoisotopic (exact) mass is 395 g/mol. The van der Waals surface area contributed by atoms with Crippen molar-refractivity contribution in [3.8, 4) is 5.75 Å². The highest BCUT2D eigenvalue weighted by atomic mass is 32.1. The third-order valence-electron chi connectivity index (χ3n) is 5.74. The lowest BCUT2D eigenvalue weighted by atomic mass is 9.71. The van der Waals surface area contributed by atoms with E-state index >= 15 is 0 Å². The second kappa shape index (κ2) is 5.35. The molecule has 0 aromatic heterocycles. The Bertz CT molecular complexity index is 1120. The number of rotatable bonds is 1. The second-order valence-electron chi connectivity index (χ2n) is 7.03. The van der Waals surface area contributed by atoms with Crippen LogP contribution in [0.1, 0.15) is 17.0 Å². The van der Waals surface area contributed by atoms with E-state index in [1.807, 2.05) is 18.2 Å². The van der Waals surface area contributed by atoms with Gasteiger partial charge in [-0.15, -0.1) is 0 Å². The number of hydrogen-bond donors (Lipinski definition) is 1. The smallest absolute Gasteiger partial charge is 0.322 e. The number of nitrogens with one attached hydrogen (secondary N) is 1. The van der Waals surface area contributed by atoms with Crippen molar-refractivity contribution in [1.29, 1.82) is 0 Å². The van der Waals surface area contributed by atoms with E-state index in [2.05, 4.69) is 5.32 Å². The van der Waals surface area contributed by atoms with Crippen LogP contribution in [0.2, 0.25) is 0 Å². The number of non-ortho nitro benzene ring substituents is 1. The summed E-state index contributed by atoms with van der Waals surface area (Å²) in [5.41, 5.74) is 0.357. The Balaban J connectivity index is 1.82. The lowest BCUT2D eigenvalue weighted by molar-refractivity contribution is -0.385. The average molecular weight is 395 g/mol. The van der Waals surface area contributed by atoms with Crippen molar-refractivity contribution in [3.05, 3.63) is 63.7 Å². The maximum atomic E-state index is 13.4. The molecule has 2 aromatic carbocycles. The predicted octanol–water partition coefficient (Wildman–Crippen LogP) is 2.02. The number of thiocarbonyl (C=S) groups is 1. The predicted molar refractivity (Wildman–Crippen MR) is 102 cm³/mol. The van der Waals surface area contributed by atoms with E-state index in [1.165, 1.54) is 23.1 Å². The van der Waals surface area contributed by atoms with Crippen molar-refractivity contribution < 1.29 is 19.2 Å². The van der Waals surface area contributed by atoms with Crippen LogP contribution in [0, 0.1) is 16.0 Å². The Labute approximate surface area is 164 Å². The molecule has 3 aliphatic heterocycles. The lowest BCUT2D eigenvalue weighted by Gasteiger charge is -2.34. The zero-order chi connectivity index (χ0) is 19.8. The Morgan fingerprint density at radius 1 is 1.25 bits per heavy atom. The third kappa shape index (κ3) is 1.86. The number of amides is 1. The number of ether oxygens (including phenoxy) is 1. The van der Waals surface area contributed by atoms with Crippen LogP contribution < -0.4 is 15.0 Å². The van der Waals surface area contributed by atoms with Crippen molar-refractivity contribution in [2.24, 2.45) is 5.92 Å². The van der Waals surface area contributed by atoms with Crippen LogP contribution in [0.3, 0.4) is 0 Å². The summed E-state index contributed by atoms with van der Waals surface area (Å²) in [6.07, 6.45) is 0. The number of nitro benzene ring substituents is 1. The van der Waals surface area contributed by atoms with Crippen LogP contribution in [0.4, 0.5) is 11.4 Å². The first-order valence-electron chi connectivity index (χ1n) is 8.56. The summed E-state index contributed by atoms with van der Waals surface area (Å²) in [4.78, 5) is 38.7. The van der Waals surface area contributed by atoms with Crippen molar-refractivity contribution in [2.75, 3.05) is 11.9 Å². The number of para-hydroxylation sites is 1. The summed E-state index contributed by atoms with van der Waals surface area (Å²) in [6.45, 7) is 0. The molecule has 3 atom stereocenters. The van der Waals surface area contributed by atoms with Gasteiger partial charge in [-0.1, -0.05) is 30.4 Å². The van der Waals surface area contributed by atoms with Gasteiger partial charge < -0.3 is 15.0 Å². The molecule has 0 saturated carbocycles. The SMILES string of the molecule is CN1C(=O)[C@]2(NC(=S)[C@H]3C(=O)Oc4ccc([N+](=O)[O-])cc4[C@H]32)c2ccccc21. The maximum absolute atomic E-state index is 13.4. The van der Waals surface area contributed by atoms with E-state index < -0.39 is 28.3 Å². The number of esters is 1. The fourth-order valence-corrected chi connectivity index (χ4v) is 4.97. The van der Waals surface area contributed by atoms with Gasteiger partial charge in [0.2, 0.25) is 0 Å². The first kappa shape index (κ1) is 16.8. The van der Waals surface area contributed by atoms with Gasteiger partial charge >= 0.3 is 5.97 Å². The highest BCUT2D eigenvalue weighted by Gasteiger charge is 2.66. The molecule has 3 heterocycles. The fourth-order valence-electron chi connectivity index (χ4n) is 4.57. The first-order valence-corrected chi connectivity index (χ1v) is 8.97. The molecule has 1 spiro atoms. The number of fused-ring (bicyclic) bond motifs is 6. The van der Waals surface area contributed by atoms with Crippen LogP contribution in [0.15, 0.2) is 42.5 Å².